The van der Waals surface area contributed by atoms with Gasteiger partial charge in [-0.1, -0.05) is 30.7 Å². The number of fused-ring (bicyclic) bond motifs is 1. The molecule has 0 aliphatic carbocycles. The molecule has 6 nitrogen and oxygen atoms in total. The topological polar surface area (TPSA) is 71.5 Å². The normalized spacial score (nSPS) is 10.7. The van der Waals surface area contributed by atoms with E-state index >= 15 is 0 Å². The number of benzene rings is 2. The van der Waals surface area contributed by atoms with Crippen LogP contribution in [0.5, 0.6) is 0 Å². The number of anilines is 2. The van der Waals surface area contributed by atoms with Crippen molar-refractivity contribution in [3.8, 4) is 0 Å². The zero-order valence-electron chi connectivity index (χ0n) is 16.3. The minimum atomic E-state index is -0.379. The molecular weight excluding hydrogens is 393 g/mol. The number of nitrogens with zero attached hydrogens (tertiary/aromatic N) is 2. The van der Waals surface area contributed by atoms with Gasteiger partial charge in [-0.3, -0.25) is 4.79 Å². The fourth-order valence-corrected chi connectivity index (χ4v) is 3.57. The Labute approximate surface area is 172 Å². The van der Waals surface area contributed by atoms with Crippen molar-refractivity contribution in [1.29, 1.82) is 0 Å². The van der Waals surface area contributed by atoms with Gasteiger partial charge in [0.05, 0.1) is 23.4 Å². The van der Waals surface area contributed by atoms with Crippen LogP contribution in [0.3, 0.4) is 0 Å². The molecule has 0 aliphatic heterocycles. The number of hydrogen-bond donors (Lipinski definition) is 1. The lowest BCUT2D eigenvalue weighted by Gasteiger charge is -2.15. The van der Waals surface area contributed by atoms with Gasteiger partial charge < -0.3 is 15.0 Å². The molecule has 1 amide bonds. The minimum absolute atomic E-state index is 0.0578. The van der Waals surface area contributed by atoms with Crippen LogP contribution in [-0.4, -0.2) is 37.1 Å². The number of ether oxygens (including phenoxy) is 1. The van der Waals surface area contributed by atoms with Crippen molar-refractivity contribution in [3.63, 3.8) is 0 Å². The summed E-state index contributed by atoms with van der Waals surface area (Å²) in [5.74, 6) is -0.999. The number of amides is 1. The summed E-state index contributed by atoms with van der Waals surface area (Å²) in [6.07, 6.45) is 1.79. The molecule has 152 valence electrons. The molecule has 3 rings (SSSR count). The van der Waals surface area contributed by atoms with Gasteiger partial charge in [0, 0.05) is 12.7 Å². The molecule has 0 radical (unpaired) electrons. The molecular formula is C21H22FN3O3S. The Morgan fingerprint density at radius 1 is 1.21 bits per heavy atom. The average molecular weight is 415 g/mol. The van der Waals surface area contributed by atoms with E-state index in [1.807, 2.05) is 6.92 Å². The second-order valence-corrected chi connectivity index (χ2v) is 7.56. The van der Waals surface area contributed by atoms with E-state index in [1.165, 1.54) is 17.4 Å². The van der Waals surface area contributed by atoms with Crippen molar-refractivity contribution in [2.24, 2.45) is 0 Å². The molecule has 2 aromatic carbocycles. The molecule has 8 heteroatoms. The van der Waals surface area contributed by atoms with Gasteiger partial charge in [0.2, 0.25) is 5.91 Å². The number of hydrogen-bond acceptors (Lipinski definition) is 6. The number of nitrogens with one attached hydrogen (secondary N) is 1. The molecule has 0 unspecified atom stereocenters. The van der Waals surface area contributed by atoms with E-state index in [4.69, 9.17) is 4.74 Å². The van der Waals surface area contributed by atoms with Gasteiger partial charge in [-0.05, 0) is 42.8 Å². The lowest BCUT2D eigenvalue weighted by Crippen LogP contribution is -2.29. The number of esters is 1. The van der Waals surface area contributed by atoms with Crippen LogP contribution in [0.1, 0.15) is 30.1 Å². The molecule has 0 spiro atoms. The van der Waals surface area contributed by atoms with Gasteiger partial charge in [0.25, 0.3) is 0 Å². The highest BCUT2D eigenvalue weighted by Crippen LogP contribution is 2.29. The van der Waals surface area contributed by atoms with Crippen LogP contribution >= 0.6 is 11.3 Å². The maximum absolute atomic E-state index is 13.8. The van der Waals surface area contributed by atoms with Gasteiger partial charge in [0.15, 0.2) is 5.13 Å². The smallest absolute Gasteiger partial charge is 0.338 e. The second kappa shape index (κ2) is 9.47. The molecule has 0 fully saturated rings. The zero-order valence-corrected chi connectivity index (χ0v) is 17.1. The predicted octanol–water partition coefficient (Wildman–Crippen LogP) is 4.47. The van der Waals surface area contributed by atoms with E-state index in [0.717, 1.165) is 17.5 Å². The third-order valence-corrected chi connectivity index (χ3v) is 5.34. The lowest BCUT2D eigenvalue weighted by atomic mass is 10.2. The van der Waals surface area contributed by atoms with E-state index in [1.54, 1.807) is 48.3 Å². The van der Waals surface area contributed by atoms with Crippen LogP contribution in [0.15, 0.2) is 42.5 Å². The highest BCUT2D eigenvalue weighted by Gasteiger charge is 2.14. The first-order valence-corrected chi connectivity index (χ1v) is 10.1. The molecule has 1 aromatic heterocycles. The van der Waals surface area contributed by atoms with Gasteiger partial charge in [-0.2, -0.15) is 0 Å². The Hall–Kier alpha value is -3.00. The van der Waals surface area contributed by atoms with Gasteiger partial charge in [0.1, 0.15) is 11.3 Å². The van der Waals surface area contributed by atoms with Crippen molar-refractivity contribution in [2.45, 2.75) is 19.8 Å². The van der Waals surface area contributed by atoms with Crippen molar-refractivity contribution >= 4 is 44.2 Å². The van der Waals surface area contributed by atoms with E-state index in [-0.39, 0.29) is 24.2 Å². The van der Waals surface area contributed by atoms with Gasteiger partial charge in [-0.25, -0.2) is 14.2 Å². The van der Waals surface area contributed by atoms with Crippen LogP contribution in [0.4, 0.5) is 15.2 Å². The van der Waals surface area contributed by atoms with E-state index in [2.05, 4.69) is 10.3 Å². The third-order valence-electron chi connectivity index (χ3n) is 4.20. The first-order chi connectivity index (χ1) is 14.0. The van der Waals surface area contributed by atoms with Crippen LogP contribution < -0.4 is 10.2 Å². The maximum atomic E-state index is 13.8. The van der Waals surface area contributed by atoms with Crippen molar-refractivity contribution in [3.05, 3.63) is 53.8 Å². The van der Waals surface area contributed by atoms with E-state index in [9.17, 15) is 14.0 Å². The fraction of sp³-hybridized carbons (Fsp3) is 0.286. The Morgan fingerprint density at radius 3 is 2.66 bits per heavy atom. The standard InChI is InChI=1S/C21H22FN3O3S/c1-3-4-12-28-20(27)14-8-10-15(11-9-14)23-18(26)13-25(2)21-24-19-16(22)6-5-7-17(19)29-21/h5-11H,3-4,12-13H2,1-2H3,(H,23,26). The average Bonchev–Trinajstić information content (AvgIpc) is 3.14. The van der Waals surface area contributed by atoms with E-state index < -0.39 is 0 Å². The summed E-state index contributed by atoms with van der Waals surface area (Å²) in [5.41, 5.74) is 1.32. The second-order valence-electron chi connectivity index (χ2n) is 6.55. The first-order valence-electron chi connectivity index (χ1n) is 9.31. The number of unbranched alkanes of at least 4 members (excludes halogenated alkanes) is 1. The predicted molar refractivity (Wildman–Crippen MR) is 113 cm³/mol. The third kappa shape index (κ3) is 5.29. The Morgan fingerprint density at radius 2 is 1.97 bits per heavy atom. The van der Waals surface area contributed by atoms with Crippen molar-refractivity contribution in [2.75, 3.05) is 30.4 Å². The number of rotatable bonds is 8. The number of likely N-dealkylation sites (N-methyl/N-ethyl adjacent to an activating group) is 1. The first kappa shape index (κ1) is 20.7. The molecule has 1 N–H and O–H groups in total. The number of carbonyl (C=O) groups excluding carboxylic acids is 2. The van der Waals surface area contributed by atoms with Crippen LogP contribution in [0, 0.1) is 5.82 Å². The van der Waals surface area contributed by atoms with Crippen molar-refractivity contribution in [1.82, 2.24) is 4.98 Å². The highest BCUT2D eigenvalue weighted by molar-refractivity contribution is 7.22. The maximum Gasteiger partial charge on any atom is 0.338 e. The SMILES string of the molecule is CCCCOC(=O)c1ccc(NC(=O)CN(C)c2nc3c(F)cccc3s2)cc1. The van der Waals surface area contributed by atoms with Gasteiger partial charge >= 0.3 is 5.97 Å². The monoisotopic (exact) mass is 415 g/mol. The molecule has 0 saturated heterocycles. The van der Waals surface area contributed by atoms with Crippen LogP contribution in [-0.2, 0) is 9.53 Å². The summed E-state index contributed by atoms with van der Waals surface area (Å²) in [6.45, 7) is 2.48. The van der Waals surface area contributed by atoms with Gasteiger partial charge in [-0.15, -0.1) is 0 Å². The van der Waals surface area contributed by atoms with Crippen molar-refractivity contribution < 1.29 is 18.7 Å². The largest absolute Gasteiger partial charge is 0.462 e. The summed E-state index contributed by atoms with van der Waals surface area (Å²) in [5, 5.41) is 3.34. The Bertz CT molecular complexity index is 1000. The van der Waals surface area contributed by atoms with E-state index in [0.29, 0.717) is 28.5 Å². The Balaban J connectivity index is 1.57. The lowest BCUT2D eigenvalue weighted by molar-refractivity contribution is -0.114. The van der Waals surface area contributed by atoms with Crippen LogP contribution in [0.25, 0.3) is 10.2 Å². The summed E-state index contributed by atoms with van der Waals surface area (Å²) >= 11 is 1.32. The summed E-state index contributed by atoms with van der Waals surface area (Å²) < 4.78 is 19.7. The molecule has 29 heavy (non-hydrogen) atoms. The molecule has 0 bridgehead atoms. The Kier molecular flexibility index (Phi) is 6.77. The highest BCUT2D eigenvalue weighted by atomic mass is 32.1. The number of aromatic nitrogens is 1. The molecule has 1 heterocycles. The number of carbonyl (C=O) groups is 2. The molecule has 3 aromatic rings. The molecule has 0 atom stereocenters. The number of halogens is 1. The number of para-hydroxylation sites is 1. The molecule has 0 aliphatic rings. The zero-order chi connectivity index (χ0) is 20.8. The molecule has 0 saturated carbocycles. The number of thiazole rings is 1. The fourth-order valence-electron chi connectivity index (χ4n) is 2.63. The minimum Gasteiger partial charge on any atom is -0.462 e. The van der Waals surface area contributed by atoms with Crippen LogP contribution in [0.2, 0.25) is 0 Å². The summed E-state index contributed by atoms with van der Waals surface area (Å²) in [7, 11) is 1.73. The summed E-state index contributed by atoms with van der Waals surface area (Å²) in [4.78, 5) is 30.2. The quantitative estimate of drug-likeness (QED) is 0.434. The summed E-state index contributed by atoms with van der Waals surface area (Å²) in [6, 6.07) is 11.3.